The number of fused-ring (bicyclic) bond motifs is 1. The zero-order valence-electron chi connectivity index (χ0n) is 13.1. The van der Waals surface area contributed by atoms with E-state index in [1.54, 1.807) is 0 Å². The van der Waals surface area contributed by atoms with E-state index in [-0.39, 0.29) is 6.04 Å². The summed E-state index contributed by atoms with van der Waals surface area (Å²) >= 11 is 3.49. The Balaban J connectivity index is 2.06. The summed E-state index contributed by atoms with van der Waals surface area (Å²) in [5.41, 5.74) is 6.07. The van der Waals surface area contributed by atoms with Gasteiger partial charge in [0.25, 0.3) is 0 Å². The molecule has 0 bridgehead atoms. The van der Waals surface area contributed by atoms with Crippen LogP contribution in [0.4, 0.5) is 5.69 Å². The van der Waals surface area contributed by atoms with Crippen molar-refractivity contribution in [1.82, 2.24) is 25.0 Å². The van der Waals surface area contributed by atoms with Gasteiger partial charge >= 0.3 is 0 Å². The van der Waals surface area contributed by atoms with E-state index in [1.807, 2.05) is 30.8 Å². The van der Waals surface area contributed by atoms with Crippen LogP contribution in [0.3, 0.4) is 0 Å². The third-order valence-corrected chi connectivity index (χ3v) is 4.09. The molecule has 2 N–H and O–H groups in total. The van der Waals surface area contributed by atoms with Crippen molar-refractivity contribution in [1.29, 1.82) is 0 Å². The lowest BCUT2D eigenvalue weighted by atomic mass is 10.2. The average Bonchev–Trinajstić information content (AvgIpc) is 3.01. The van der Waals surface area contributed by atoms with Crippen LogP contribution in [0.15, 0.2) is 16.9 Å². The average molecular weight is 363 g/mol. The Morgan fingerprint density at radius 2 is 2.09 bits per heavy atom. The van der Waals surface area contributed by atoms with Gasteiger partial charge in [-0.1, -0.05) is 0 Å². The molecule has 3 heterocycles. The molecule has 6 nitrogen and oxygen atoms in total. The first kappa shape index (κ1) is 15.0. The van der Waals surface area contributed by atoms with Crippen LogP contribution in [0, 0.1) is 13.8 Å². The molecule has 0 aliphatic rings. The summed E-state index contributed by atoms with van der Waals surface area (Å²) in [6, 6.07) is 2.27. The summed E-state index contributed by atoms with van der Waals surface area (Å²) < 4.78 is 2.83. The first-order valence-electron chi connectivity index (χ1n) is 7.26. The molecule has 3 aromatic rings. The molecule has 0 aliphatic heterocycles. The van der Waals surface area contributed by atoms with Gasteiger partial charge in [-0.2, -0.15) is 10.2 Å². The fraction of sp³-hybridized carbons (Fsp3) is 0.400. The Morgan fingerprint density at radius 3 is 2.73 bits per heavy atom. The number of aromatic nitrogens is 5. The molecular formula is C15H19BrN6. The Morgan fingerprint density at radius 1 is 1.32 bits per heavy atom. The van der Waals surface area contributed by atoms with Crippen LogP contribution >= 0.6 is 15.9 Å². The predicted molar refractivity (Wildman–Crippen MR) is 91.0 cm³/mol. The molecule has 3 rings (SSSR count). The number of pyridine rings is 1. The van der Waals surface area contributed by atoms with Crippen LogP contribution in [0.2, 0.25) is 0 Å². The van der Waals surface area contributed by atoms with E-state index < -0.39 is 0 Å². The minimum atomic E-state index is 0.274. The third-order valence-electron chi connectivity index (χ3n) is 3.69. The maximum Gasteiger partial charge on any atom is 0.115 e. The molecule has 0 unspecified atom stereocenters. The van der Waals surface area contributed by atoms with Crippen molar-refractivity contribution in [3.05, 3.63) is 33.8 Å². The predicted octanol–water partition coefficient (Wildman–Crippen LogP) is 3.73. The topological polar surface area (TPSA) is 71.4 Å². The molecule has 0 radical (unpaired) electrons. The van der Waals surface area contributed by atoms with Crippen molar-refractivity contribution in [2.45, 2.75) is 40.3 Å². The van der Waals surface area contributed by atoms with Crippen LogP contribution in [0.25, 0.3) is 11.0 Å². The number of aryl methyl sites for hydroxylation is 2. The number of rotatable bonds is 4. The molecule has 0 spiro atoms. The van der Waals surface area contributed by atoms with Gasteiger partial charge in [0, 0.05) is 24.3 Å². The second-order valence-corrected chi connectivity index (χ2v) is 6.48. The first-order valence-corrected chi connectivity index (χ1v) is 8.05. The highest BCUT2D eigenvalue weighted by Crippen LogP contribution is 2.30. The van der Waals surface area contributed by atoms with E-state index in [1.165, 1.54) is 0 Å². The van der Waals surface area contributed by atoms with Crippen LogP contribution in [0.5, 0.6) is 0 Å². The highest BCUT2D eigenvalue weighted by molar-refractivity contribution is 9.10. The minimum absolute atomic E-state index is 0.274. The van der Waals surface area contributed by atoms with Gasteiger partial charge in [-0.15, -0.1) is 0 Å². The second-order valence-electron chi connectivity index (χ2n) is 5.66. The summed E-state index contributed by atoms with van der Waals surface area (Å²) in [7, 11) is 0. The van der Waals surface area contributed by atoms with Crippen molar-refractivity contribution in [3.8, 4) is 0 Å². The fourth-order valence-corrected chi connectivity index (χ4v) is 2.92. The summed E-state index contributed by atoms with van der Waals surface area (Å²) in [6.07, 6.45) is 1.92. The zero-order chi connectivity index (χ0) is 15.9. The standard InChI is InChI=1S/C15H19BrN6/c1-8(2)22-15-12(17-6-11-7-18-20-9(11)3)5-13(16)19-14(15)10(4)21-22/h5,7-8H,6H2,1-4H3,(H,17,19)(H,18,20). The maximum atomic E-state index is 4.63. The fourth-order valence-electron chi connectivity index (χ4n) is 2.51. The molecule has 0 amide bonds. The van der Waals surface area contributed by atoms with Crippen molar-refractivity contribution in [2.24, 2.45) is 0 Å². The van der Waals surface area contributed by atoms with E-state index in [0.717, 1.165) is 38.3 Å². The lowest BCUT2D eigenvalue weighted by molar-refractivity contribution is 0.547. The maximum absolute atomic E-state index is 4.63. The Bertz CT molecular complexity index is 817. The highest BCUT2D eigenvalue weighted by Gasteiger charge is 2.16. The molecule has 7 heteroatoms. The zero-order valence-corrected chi connectivity index (χ0v) is 14.7. The molecular weight excluding hydrogens is 344 g/mol. The molecule has 116 valence electrons. The number of nitrogens with zero attached hydrogens (tertiary/aromatic N) is 4. The van der Waals surface area contributed by atoms with Crippen LogP contribution < -0.4 is 5.32 Å². The van der Waals surface area contributed by atoms with Crippen LogP contribution in [0.1, 0.15) is 36.8 Å². The molecule has 3 aromatic heterocycles. The van der Waals surface area contributed by atoms with Gasteiger partial charge in [0.1, 0.15) is 15.6 Å². The molecule has 0 atom stereocenters. The van der Waals surface area contributed by atoms with Gasteiger partial charge in [-0.25, -0.2) is 4.98 Å². The van der Waals surface area contributed by atoms with Crippen molar-refractivity contribution >= 4 is 32.7 Å². The van der Waals surface area contributed by atoms with E-state index >= 15 is 0 Å². The van der Waals surface area contributed by atoms with Gasteiger partial charge in [0.2, 0.25) is 0 Å². The summed E-state index contributed by atoms with van der Waals surface area (Å²) in [4.78, 5) is 4.58. The largest absolute Gasteiger partial charge is 0.379 e. The van der Waals surface area contributed by atoms with Gasteiger partial charge < -0.3 is 5.32 Å². The quantitative estimate of drug-likeness (QED) is 0.693. The number of hydrogen-bond donors (Lipinski definition) is 2. The summed E-state index contributed by atoms with van der Waals surface area (Å²) in [5, 5.41) is 15.2. The Kier molecular flexibility index (Phi) is 3.90. The Labute approximate surface area is 137 Å². The van der Waals surface area contributed by atoms with Gasteiger partial charge in [-0.05, 0) is 49.7 Å². The SMILES string of the molecule is Cc1n[nH]cc1CNc1cc(Br)nc2c(C)nn(C(C)C)c12. The molecule has 0 saturated carbocycles. The van der Waals surface area contributed by atoms with E-state index in [9.17, 15) is 0 Å². The first-order chi connectivity index (χ1) is 10.5. The number of hydrogen-bond acceptors (Lipinski definition) is 4. The highest BCUT2D eigenvalue weighted by atomic mass is 79.9. The lowest BCUT2D eigenvalue weighted by Gasteiger charge is -2.12. The van der Waals surface area contributed by atoms with Crippen LogP contribution in [-0.4, -0.2) is 25.0 Å². The number of nitrogens with one attached hydrogen (secondary N) is 2. The number of aromatic amines is 1. The smallest absolute Gasteiger partial charge is 0.115 e. The number of halogens is 1. The minimum Gasteiger partial charge on any atom is -0.379 e. The molecule has 22 heavy (non-hydrogen) atoms. The molecule has 0 aromatic carbocycles. The van der Waals surface area contributed by atoms with Crippen molar-refractivity contribution in [2.75, 3.05) is 5.32 Å². The monoisotopic (exact) mass is 362 g/mol. The lowest BCUT2D eigenvalue weighted by Crippen LogP contribution is -2.07. The van der Waals surface area contributed by atoms with Crippen LogP contribution in [-0.2, 0) is 6.54 Å². The van der Waals surface area contributed by atoms with Crippen molar-refractivity contribution in [3.63, 3.8) is 0 Å². The Hall–Kier alpha value is -1.89. The van der Waals surface area contributed by atoms with E-state index in [4.69, 9.17) is 0 Å². The van der Waals surface area contributed by atoms with Gasteiger partial charge in [0.15, 0.2) is 0 Å². The van der Waals surface area contributed by atoms with E-state index in [0.29, 0.717) is 6.54 Å². The van der Waals surface area contributed by atoms with Crippen molar-refractivity contribution < 1.29 is 0 Å². The third kappa shape index (κ3) is 2.61. The second kappa shape index (κ2) is 5.72. The summed E-state index contributed by atoms with van der Waals surface area (Å²) in [5.74, 6) is 0. The number of H-pyrrole nitrogens is 1. The van der Waals surface area contributed by atoms with Gasteiger partial charge in [-0.3, -0.25) is 9.78 Å². The summed E-state index contributed by atoms with van der Waals surface area (Å²) in [6.45, 7) is 8.94. The van der Waals surface area contributed by atoms with E-state index in [2.05, 4.69) is 55.4 Å². The molecule has 0 saturated heterocycles. The molecule has 0 aliphatic carbocycles. The number of anilines is 1. The molecule has 0 fully saturated rings. The van der Waals surface area contributed by atoms with Gasteiger partial charge in [0.05, 0.1) is 17.1 Å². The normalized spacial score (nSPS) is 11.5.